The number of allylic oxidation sites excluding steroid dienone is 1. The number of nitrogens with one attached hydrogen (secondary N) is 1. The van der Waals surface area contributed by atoms with Crippen molar-refractivity contribution >= 4 is 6.09 Å². The van der Waals surface area contributed by atoms with Gasteiger partial charge in [-0.15, -0.1) is 0 Å². The Labute approximate surface area is 73.8 Å². The van der Waals surface area contributed by atoms with Crippen LogP contribution in [0.25, 0.3) is 0 Å². The summed E-state index contributed by atoms with van der Waals surface area (Å²) >= 11 is 0. The van der Waals surface area contributed by atoms with Crippen molar-refractivity contribution in [1.29, 1.82) is 0 Å². The summed E-state index contributed by atoms with van der Waals surface area (Å²) < 4.78 is 4.41. The van der Waals surface area contributed by atoms with E-state index in [4.69, 9.17) is 0 Å². The van der Waals surface area contributed by atoms with E-state index in [2.05, 4.69) is 17.0 Å². The van der Waals surface area contributed by atoms with Gasteiger partial charge in [0.1, 0.15) is 0 Å². The van der Waals surface area contributed by atoms with Crippen molar-refractivity contribution in [2.75, 3.05) is 7.11 Å². The molecular weight excluding hydrogens is 154 g/mol. The van der Waals surface area contributed by atoms with Crippen molar-refractivity contribution < 1.29 is 9.53 Å². The van der Waals surface area contributed by atoms with Crippen molar-refractivity contribution in [2.45, 2.75) is 33.1 Å². The molecule has 1 N–H and O–H groups in total. The third-order valence-electron chi connectivity index (χ3n) is 1.55. The summed E-state index contributed by atoms with van der Waals surface area (Å²) in [7, 11) is 1.35. The molecule has 0 atom stereocenters. The van der Waals surface area contributed by atoms with Crippen LogP contribution in [0, 0.1) is 0 Å². The van der Waals surface area contributed by atoms with Crippen molar-refractivity contribution in [3.63, 3.8) is 0 Å². The van der Waals surface area contributed by atoms with Crippen LogP contribution in [0.3, 0.4) is 0 Å². The third kappa shape index (κ3) is 5.77. The second-order valence-corrected chi connectivity index (χ2v) is 2.73. The predicted molar refractivity (Wildman–Crippen MR) is 48.8 cm³/mol. The Morgan fingerprint density at radius 3 is 2.75 bits per heavy atom. The Hall–Kier alpha value is -0.990. The number of methoxy groups -OCH3 is 1. The molecule has 0 radical (unpaired) electrons. The first kappa shape index (κ1) is 11.0. The molecule has 0 heterocycles. The minimum Gasteiger partial charge on any atom is -0.453 e. The van der Waals surface area contributed by atoms with Crippen LogP contribution in [0.1, 0.15) is 33.1 Å². The van der Waals surface area contributed by atoms with Gasteiger partial charge in [-0.25, -0.2) is 4.79 Å². The summed E-state index contributed by atoms with van der Waals surface area (Å²) in [5.41, 5.74) is 1.17. The lowest BCUT2D eigenvalue weighted by Crippen LogP contribution is -2.16. The van der Waals surface area contributed by atoms with E-state index in [0.29, 0.717) is 0 Å². The molecular formula is C9H17NO2. The second-order valence-electron chi connectivity index (χ2n) is 2.73. The fraction of sp³-hybridized carbons (Fsp3) is 0.667. The van der Waals surface area contributed by atoms with Gasteiger partial charge in [-0.05, 0) is 19.8 Å². The van der Waals surface area contributed by atoms with Crippen LogP contribution in [-0.2, 0) is 4.74 Å². The van der Waals surface area contributed by atoms with E-state index in [-0.39, 0.29) is 0 Å². The van der Waals surface area contributed by atoms with Crippen LogP contribution in [0.15, 0.2) is 11.8 Å². The molecule has 0 saturated carbocycles. The number of hydrogen-bond acceptors (Lipinski definition) is 2. The van der Waals surface area contributed by atoms with Crippen LogP contribution in [-0.4, -0.2) is 13.2 Å². The maximum Gasteiger partial charge on any atom is 0.410 e. The summed E-state index contributed by atoms with van der Waals surface area (Å²) in [6.07, 6.45) is 4.64. The molecule has 1 amide bonds. The standard InChI is InChI=1S/C9H17NO2/c1-4-5-6-8(2)7-10-9(11)12-3/h7H,4-6H2,1-3H3,(H,10,11). The Bertz CT molecular complexity index is 164. The lowest BCUT2D eigenvalue weighted by atomic mass is 10.1. The van der Waals surface area contributed by atoms with Gasteiger partial charge in [-0.2, -0.15) is 0 Å². The fourth-order valence-electron chi connectivity index (χ4n) is 0.769. The average molecular weight is 171 g/mol. The highest BCUT2D eigenvalue weighted by atomic mass is 16.5. The predicted octanol–water partition coefficient (Wildman–Crippen LogP) is 2.44. The molecule has 0 aliphatic rings. The zero-order valence-electron chi connectivity index (χ0n) is 8.02. The highest BCUT2D eigenvalue weighted by Crippen LogP contribution is 2.04. The van der Waals surface area contributed by atoms with Crippen molar-refractivity contribution in [1.82, 2.24) is 5.32 Å². The molecule has 70 valence electrons. The Morgan fingerprint density at radius 2 is 2.25 bits per heavy atom. The lowest BCUT2D eigenvalue weighted by molar-refractivity contribution is 0.175. The quantitative estimate of drug-likeness (QED) is 0.705. The molecule has 3 nitrogen and oxygen atoms in total. The first-order valence-corrected chi connectivity index (χ1v) is 4.20. The van der Waals surface area contributed by atoms with Crippen LogP contribution in [0.5, 0.6) is 0 Å². The van der Waals surface area contributed by atoms with Gasteiger partial charge >= 0.3 is 6.09 Å². The molecule has 0 bridgehead atoms. The first-order chi connectivity index (χ1) is 5.70. The summed E-state index contributed by atoms with van der Waals surface area (Å²) in [5, 5.41) is 2.52. The molecule has 0 fully saturated rings. The van der Waals surface area contributed by atoms with Gasteiger partial charge in [0.15, 0.2) is 0 Å². The largest absolute Gasteiger partial charge is 0.453 e. The zero-order valence-corrected chi connectivity index (χ0v) is 8.02. The second kappa shape index (κ2) is 6.70. The number of ether oxygens (including phenoxy) is 1. The molecule has 0 aromatic rings. The Kier molecular flexibility index (Phi) is 6.15. The highest BCUT2D eigenvalue weighted by molar-refractivity contribution is 5.68. The van der Waals surface area contributed by atoms with Crippen LogP contribution < -0.4 is 5.32 Å². The van der Waals surface area contributed by atoms with E-state index in [1.165, 1.54) is 19.1 Å². The Morgan fingerprint density at radius 1 is 1.58 bits per heavy atom. The molecule has 0 aliphatic heterocycles. The molecule has 0 aromatic carbocycles. The monoisotopic (exact) mass is 171 g/mol. The van der Waals surface area contributed by atoms with E-state index in [1.807, 2.05) is 6.92 Å². The highest BCUT2D eigenvalue weighted by Gasteiger charge is 1.94. The number of amides is 1. The molecule has 0 unspecified atom stereocenters. The van der Waals surface area contributed by atoms with Gasteiger partial charge in [-0.1, -0.05) is 18.9 Å². The van der Waals surface area contributed by atoms with Crippen LogP contribution in [0.4, 0.5) is 4.79 Å². The van der Waals surface area contributed by atoms with E-state index in [1.54, 1.807) is 6.20 Å². The summed E-state index contributed by atoms with van der Waals surface area (Å²) in [6, 6.07) is 0. The number of rotatable bonds is 4. The van der Waals surface area contributed by atoms with Gasteiger partial charge < -0.3 is 4.74 Å². The lowest BCUT2D eigenvalue weighted by Gasteiger charge is -2.00. The van der Waals surface area contributed by atoms with E-state index in [0.717, 1.165) is 12.8 Å². The third-order valence-corrected chi connectivity index (χ3v) is 1.55. The average Bonchev–Trinajstić information content (AvgIpc) is 2.10. The molecule has 0 spiro atoms. The summed E-state index contributed by atoms with van der Waals surface area (Å²) in [6.45, 7) is 4.13. The minimum absolute atomic E-state index is 0.411. The molecule has 0 saturated heterocycles. The van der Waals surface area contributed by atoms with Crippen molar-refractivity contribution in [3.05, 3.63) is 11.8 Å². The zero-order chi connectivity index (χ0) is 9.40. The van der Waals surface area contributed by atoms with Crippen molar-refractivity contribution in [3.8, 4) is 0 Å². The number of hydrogen-bond donors (Lipinski definition) is 1. The van der Waals surface area contributed by atoms with Crippen LogP contribution in [0.2, 0.25) is 0 Å². The number of carbonyl (C=O) groups excluding carboxylic acids is 1. The SMILES string of the molecule is CCCCC(C)=CNC(=O)OC. The van der Waals surface area contributed by atoms with Gasteiger partial charge in [0, 0.05) is 6.20 Å². The smallest absolute Gasteiger partial charge is 0.410 e. The van der Waals surface area contributed by atoms with Gasteiger partial charge in [0.05, 0.1) is 7.11 Å². The van der Waals surface area contributed by atoms with Crippen LogP contribution >= 0.6 is 0 Å². The first-order valence-electron chi connectivity index (χ1n) is 4.20. The van der Waals surface area contributed by atoms with Crippen molar-refractivity contribution in [2.24, 2.45) is 0 Å². The minimum atomic E-state index is -0.411. The number of carbonyl (C=O) groups is 1. The normalized spacial score (nSPS) is 11.1. The molecule has 12 heavy (non-hydrogen) atoms. The Balaban J connectivity index is 3.60. The maximum atomic E-state index is 10.6. The summed E-state index contributed by atoms with van der Waals surface area (Å²) in [4.78, 5) is 10.6. The number of alkyl carbamates (subject to hydrolysis) is 1. The summed E-state index contributed by atoms with van der Waals surface area (Å²) in [5.74, 6) is 0. The molecule has 3 heteroatoms. The topological polar surface area (TPSA) is 38.3 Å². The molecule has 0 aliphatic carbocycles. The van der Waals surface area contributed by atoms with Gasteiger partial charge in [0.2, 0.25) is 0 Å². The van der Waals surface area contributed by atoms with Gasteiger partial charge in [0.25, 0.3) is 0 Å². The molecule has 0 aromatic heterocycles. The van der Waals surface area contributed by atoms with Gasteiger partial charge in [-0.3, -0.25) is 5.32 Å². The maximum absolute atomic E-state index is 10.6. The van der Waals surface area contributed by atoms with E-state index < -0.39 is 6.09 Å². The van der Waals surface area contributed by atoms with E-state index in [9.17, 15) is 4.79 Å². The van der Waals surface area contributed by atoms with E-state index >= 15 is 0 Å². The molecule has 0 rings (SSSR count). The number of unbranched alkanes of at least 4 members (excludes halogenated alkanes) is 1. The fourth-order valence-corrected chi connectivity index (χ4v) is 0.769.